The van der Waals surface area contributed by atoms with Crippen molar-refractivity contribution < 1.29 is 17.7 Å². The topological polar surface area (TPSA) is 83.7 Å². The summed E-state index contributed by atoms with van der Waals surface area (Å²) in [4.78, 5) is 15.2. The fourth-order valence-corrected chi connectivity index (χ4v) is 5.61. The number of hydrogen-bond acceptors (Lipinski definition) is 5. The minimum Gasteiger partial charge on any atom is -0.360 e. The van der Waals surface area contributed by atoms with E-state index in [1.807, 2.05) is 44.2 Å². The Balaban J connectivity index is 1.85. The van der Waals surface area contributed by atoms with Crippen LogP contribution in [0.5, 0.6) is 0 Å². The number of aryl methyl sites for hydroxylation is 2. The van der Waals surface area contributed by atoms with Gasteiger partial charge in [0.05, 0.1) is 5.92 Å². The van der Waals surface area contributed by atoms with Gasteiger partial charge in [-0.25, -0.2) is 8.42 Å². The highest BCUT2D eigenvalue weighted by atomic mass is 32.2. The van der Waals surface area contributed by atoms with Crippen LogP contribution in [0.3, 0.4) is 0 Å². The van der Waals surface area contributed by atoms with E-state index in [0.29, 0.717) is 25.1 Å². The molecule has 1 aliphatic rings. The zero-order valence-corrected chi connectivity index (χ0v) is 17.6. The molecule has 1 amide bonds. The second-order valence-corrected chi connectivity index (χ2v) is 9.37. The normalized spacial score (nSPS) is 18.4. The number of carbonyl (C=O) groups excluding carboxylic acids is 1. The summed E-state index contributed by atoms with van der Waals surface area (Å²) >= 11 is 0. The predicted molar refractivity (Wildman–Crippen MR) is 107 cm³/mol. The summed E-state index contributed by atoms with van der Waals surface area (Å²) in [5.74, 6) is -0.148. The smallest absolute Gasteiger partial charge is 0.248 e. The number of hydrogen-bond donors (Lipinski definition) is 0. The van der Waals surface area contributed by atoms with Crippen molar-refractivity contribution >= 4 is 21.6 Å². The molecule has 0 aliphatic carbocycles. The van der Waals surface area contributed by atoms with Gasteiger partial charge < -0.3 is 9.42 Å². The van der Waals surface area contributed by atoms with Crippen LogP contribution < -0.4 is 4.90 Å². The monoisotopic (exact) mass is 405 g/mol. The molecule has 0 saturated carbocycles. The summed E-state index contributed by atoms with van der Waals surface area (Å²) in [7, 11) is -3.75. The number of nitrogens with zero attached hydrogens (tertiary/aromatic N) is 3. The van der Waals surface area contributed by atoms with Crippen molar-refractivity contribution in [2.24, 2.45) is 5.92 Å². The van der Waals surface area contributed by atoms with E-state index >= 15 is 0 Å². The number of anilines is 1. The van der Waals surface area contributed by atoms with E-state index in [1.54, 1.807) is 18.7 Å². The summed E-state index contributed by atoms with van der Waals surface area (Å²) < 4.78 is 32.7. The molecule has 152 valence electrons. The van der Waals surface area contributed by atoms with Gasteiger partial charge in [-0.2, -0.15) is 4.31 Å². The fourth-order valence-electron chi connectivity index (χ4n) is 3.80. The van der Waals surface area contributed by atoms with Gasteiger partial charge in [-0.15, -0.1) is 0 Å². The van der Waals surface area contributed by atoms with Gasteiger partial charge in [-0.1, -0.05) is 23.4 Å². The first-order valence-corrected chi connectivity index (χ1v) is 11.0. The van der Waals surface area contributed by atoms with E-state index in [-0.39, 0.29) is 35.1 Å². The minimum absolute atomic E-state index is 0.0237. The van der Waals surface area contributed by atoms with Gasteiger partial charge >= 0.3 is 0 Å². The summed E-state index contributed by atoms with van der Waals surface area (Å²) in [6, 6.07) is 9.48. The second-order valence-electron chi connectivity index (χ2n) is 7.49. The number of amides is 1. The van der Waals surface area contributed by atoms with Gasteiger partial charge in [0, 0.05) is 24.8 Å². The molecule has 0 spiro atoms. The van der Waals surface area contributed by atoms with Crippen LogP contribution in [0.25, 0.3) is 0 Å². The average molecular weight is 406 g/mol. The lowest BCUT2D eigenvalue weighted by Crippen LogP contribution is -2.48. The van der Waals surface area contributed by atoms with E-state index in [2.05, 4.69) is 5.16 Å². The second kappa shape index (κ2) is 8.05. The van der Waals surface area contributed by atoms with E-state index in [9.17, 15) is 13.2 Å². The molecule has 0 N–H and O–H groups in total. The molecule has 0 radical (unpaired) electrons. The summed E-state index contributed by atoms with van der Waals surface area (Å²) in [6.45, 7) is 7.70. The lowest BCUT2D eigenvalue weighted by Gasteiger charge is -2.36. The Morgan fingerprint density at radius 2 is 1.93 bits per heavy atom. The Morgan fingerprint density at radius 1 is 1.25 bits per heavy atom. The molecule has 28 heavy (non-hydrogen) atoms. The number of aromatic nitrogens is 1. The largest absolute Gasteiger partial charge is 0.360 e. The van der Waals surface area contributed by atoms with Crippen molar-refractivity contribution in [1.29, 1.82) is 0 Å². The highest BCUT2D eigenvalue weighted by molar-refractivity contribution is 7.89. The van der Waals surface area contributed by atoms with E-state index < -0.39 is 10.0 Å². The molecule has 1 saturated heterocycles. The maximum atomic E-state index is 13.3. The SMILES string of the molecule is Cc1noc(C)c1S(=O)(=O)N1CCC[C@H](C(=O)N(c2ccccc2)C(C)C)C1. The third-order valence-electron chi connectivity index (χ3n) is 5.09. The molecule has 0 bridgehead atoms. The maximum Gasteiger partial charge on any atom is 0.248 e. The van der Waals surface area contributed by atoms with Crippen molar-refractivity contribution in [3.63, 3.8) is 0 Å². The molecule has 2 aromatic rings. The quantitative estimate of drug-likeness (QED) is 0.763. The molecule has 0 unspecified atom stereocenters. The van der Waals surface area contributed by atoms with Crippen LogP contribution >= 0.6 is 0 Å². The fraction of sp³-hybridized carbons (Fsp3) is 0.500. The molecule has 1 aliphatic heterocycles. The van der Waals surface area contributed by atoms with Crippen molar-refractivity contribution in [2.75, 3.05) is 18.0 Å². The molecule has 3 rings (SSSR count). The van der Waals surface area contributed by atoms with Crippen LogP contribution in [-0.2, 0) is 14.8 Å². The molecule has 1 fully saturated rings. The molecule has 1 aromatic carbocycles. The Bertz CT molecular complexity index is 918. The molecule has 1 aromatic heterocycles. The molecule has 7 nitrogen and oxygen atoms in total. The molecule has 8 heteroatoms. The summed E-state index contributed by atoms with van der Waals surface area (Å²) in [6.07, 6.45) is 1.31. The maximum absolute atomic E-state index is 13.3. The van der Waals surface area contributed by atoms with Crippen LogP contribution in [0, 0.1) is 19.8 Å². The third-order valence-corrected chi connectivity index (χ3v) is 7.20. The van der Waals surface area contributed by atoms with Gasteiger partial charge in [0.15, 0.2) is 5.76 Å². The standard InChI is InChI=1S/C20H27N3O4S/c1-14(2)23(18-10-6-5-7-11-18)20(24)17-9-8-12-22(13-17)28(25,26)19-15(3)21-27-16(19)4/h5-7,10-11,14,17H,8-9,12-13H2,1-4H3/t17-/m0/s1. The van der Waals surface area contributed by atoms with Crippen LogP contribution in [0.4, 0.5) is 5.69 Å². The van der Waals surface area contributed by atoms with E-state index in [0.717, 1.165) is 5.69 Å². The number of carbonyl (C=O) groups is 1. The zero-order chi connectivity index (χ0) is 20.5. The van der Waals surface area contributed by atoms with Crippen molar-refractivity contribution in [2.45, 2.75) is 51.5 Å². The highest BCUT2D eigenvalue weighted by Crippen LogP contribution is 2.30. The third kappa shape index (κ3) is 3.84. The summed E-state index contributed by atoms with van der Waals surface area (Å²) in [5, 5.41) is 3.77. The minimum atomic E-state index is -3.75. The molecular formula is C20H27N3O4S. The van der Waals surface area contributed by atoms with Crippen molar-refractivity contribution in [1.82, 2.24) is 9.46 Å². The number of piperidine rings is 1. The Hall–Kier alpha value is -2.19. The van der Waals surface area contributed by atoms with Crippen LogP contribution in [-0.4, -0.2) is 42.9 Å². The predicted octanol–water partition coefficient (Wildman–Crippen LogP) is 3.13. The van der Waals surface area contributed by atoms with Gasteiger partial charge in [-0.3, -0.25) is 4.79 Å². The lowest BCUT2D eigenvalue weighted by atomic mass is 9.97. The van der Waals surface area contributed by atoms with E-state index in [1.165, 1.54) is 4.31 Å². The first kappa shape index (κ1) is 20.5. The number of benzene rings is 1. The Morgan fingerprint density at radius 3 is 2.50 bits per heavy atom. The average Bonchev–Trinajstić information content (AvgIpc) is 3.01. The lowest BCUT2D eigenvalue weighted by molar-refractivity contribution is -0.123. The van der Waals surface area contributed by atoms with Gasteiger partial charge in [-0.05, 0) is 52.7 Å². The first-order chi connectivity index (χ1) is 13.2. The molecular weight excluding hydrogens is 378 g/mol. The van der Waals surface area contributed by atoms with Crippen LogP contribution in [0.1, 0.15) is 38.1 Å². The number of rotatable bonds is 5. The van der Waals surface area contributed by atoms with Crippen LogP contribution in [0.15, 0.2) is 39.8 Å². The van der Waals surface area contributed by atoms with Gasteiger partial charge in [0.25, 0.3) is 0 Å². The van der Waals surface area contributed by atoms with Crippen molar-refractivity contribution in [3.05, 3.63) is 41.8 Å². The Kier molecular flexibility index (Phi) is 5.90. The van der Waals surface area contributed by atoms with Crippen molar-refractivity contribution in [3.8, 4) is 0 Å². The molecule has 2 heterocycles. The number of para-hydroxylation sites is 1. The summed E-state index contributed by atoms with van der Waals surface area (Å²) in [5.41, 5.74) is 1.17. The van der Waals surface area contributed by atoms with Gasteiger partial charge in [0.1, 0.15) is 10.6 Å². The first-order valence-electron chi connectivity index (χ1n) is 9.54. The highest BCUT2D eigenvalue weighted by Gasteiger charge is 2.38. The zero-order valence-electron chi connectivity index (χ0n) is 16.8. The Labute approximate surface area is 166 Å². The van der Waals surface area contributed by atoms with Gasteiger partial charge in [0.2, 0.25) is 15.9 Å². The van der Waals surface area contributed by atoms with Crippen LogP contribution in [0.2, 0.25) is 0 Å². The molecule has 1 atom stereocenters. The van der Waals surface area contributed by atoms with E-state index in [4.69, 9.17) is 4.52 Å². The number of sulfonamides is 1.